The molecule has 0 spiro atoms. The number of nitrogens with two attached hydrogens (primary N) is 3. The van der Waals surface area contributed by atoms with Gasteiger partial charge < -0.3 is 27.4 Å². The molecule has 0 radical (unpaired) electrons. The zero-order valence-corrected chi connectivity index (χ0v) is 18.3. The standard InChI is InChI=1S/C21H25Cl2N5O3/c22-16-8-7-15(11-17(16)23)27-21(31)28(18(20(26)30)2-1-9-24)12-14-5-3-13(4-6-14)10-19(25)29/h3-8,11,18H,1-2,9-10,12,24H2,(H2,25,29)(H2,26,30)(H,27,31)/t18-/m1/s1. The average Bonchev–Trinajstić information content (AvgIpc) is 2.70. The number of nitrogens with one attached hydrogen (secondary N) is 1. The first-order valence-corrected chi connectivity index (χ1v) is 10.3. The molecular formula is C21H25Cl2N5O3. The van der Waals surface area contributed by atoms with Crippen LogP contribution in [0.5, 0.6) is 0 Å². The Morgan fingerprint density at radius 3 is 2.16 bits per heavy atom. The van der Waals surface area contributed by atoms with Gasteiger partial charge in [0.05, 0.1) is 16.5 Å². The summed E-state index contributed by atoms with van der Waals surface area (Å²) in [5.74, 6) is -1.07. The fraction of sp³-hybridized carbons (Fsp3) is 0.286. The summed E-state index contributed by atoms with van der Waals surface area (Å²) in [4.78, 5) is 37.6. The number of hydrogen-bond acceptors (Lipinski definition) is 4. The van der Waals surface area contributed by atoms with Gasteiger partial charge in [-0.2, -0.15) is 0 Å². The van der Waals surface area contributed by atoms with Crippen molar-refractivity contribution in [3.63, 3.8) is 0 Å². The molecule has 2 aromatic carbocycles. The van der Waals surface area contributed by atoms with Crippen molar-refractivity contribution in [1.29, 1.82) is 0 Å². The van der Waals surface area contributed by atoms with Gasteiger partial charge in [-0.25, -0.2) is 4.79 Å². The fourth-order valence-corrected chi connectivity index (χ4v) is 3.31. The lowest BCUT2D eigenvalue weighted by Gasteiger charge is -2.30. The van der Waals surface area contributed by atoms with Gasteiger partial charge in [-0.15, -0.1) is 0 Å². The van der Waals surface area contributed by atoms with Crippen molar-refractivity contribution >= 4 is 46.7 Å². The second-order valence-corrected chi connectivity index (χ2v) is 7.81. The maximum absolute atomic E-state index is 13.1. The highest BCUT2D eigenvalue weighted by Crippen LogP contribution is 2.25. The second kappa shape index (κ2) is 11.5. The molecule has 0 aliphatic heterocycles. The third-order valence-electron chi connectivity index (χ3n) is 4.57. The van der Waals surface area contributed by atoms with Crippen molar-refractivity contribution in [2.24, 2.45) is 17.2 Å². The van der Waals surface area contributed by atoms with Crippen LogP contribution in [0, 0.1) is 0 Å². The van der Waals surface area contributed by atoms with E-state index in [0.29, 0.717) is 30.1 Å². The van der Waals surface area contributed by atoms with Gasteiger partial charge in [0.1, 0.15) is 6.04 Å². The zero-order valence-electron chi connectivity index (χ0n) is 16.8. The molecule has 0 fully saturated rings. The number of amides is 4. The van der Waals surface area contributed by atoms with Crippen molar-refractivity contribution < 1.29 is 14.4 Å². The summed E-state index contributed by atoms with van der Waals surface area (Å²) >= 11 is 11.9. The van der Waals surface area contributed by atoms with Crippen molar-refractivity contribution in [1.82, 2.24) is 4.90 Å². The zero-order chi connectivity index (χ0) is 23.0. The number of anilines is 1. The van der Waals surface area contributed by atoms with Crippen LogP contribution in [0.1, 0.15) is 24.0 Å². The van der Waals surface area contributed by atoms with E-state index in [1.54, 1.807) is 36.4 Å². The van der Waals surface area contributed by atoms with E-state index >= 15 is 0 Å². The first kappa shape index (κ1) is 24.5. The van der Waals surface area contributed by atoms with E-state index in [2.05, 4.69) is 5.32 Å². The number of primary amides is 2. The highest BCUT2D eigenvalue weighted by molar-refractivity contribution is 6.42. The number of urea groups is 1. The lowest BCUT2D eigenvalue weighted by atomic mass is 10.1. The fourth-order valence-electron chi connectivity index (χ4n) is 3.02. The van der Waals surface area contributed by atoms with Gasteiger partial charge >= 0.3 is 6.03 Å². The largest absolute Gasteiger partial charge is 0.369 e. The van der Waals surface area contributed by atoms with Crippen molar-refractivity contribution in [3.8, 4) is 0 Å². The first-order chi connectivity index (χ1) is 14.7. The highest BCUT2D eigenvalue weighted by Gasteiger charge is 2.28. The Labute approximate surface area is 190 Å². The number of carbonyl (C=O) groups excluding carboxylic acids is 3. The SMILES string of the molecule is NCCC[C@H](C(N)=O)N(Cc1ccc(CC(N)=O)cc1)C(=O)Nc1ccc(Cl)c(Cl)c1. The summed E-state index contributed by atoms with van der Waals surface area (Å²) < 4.78 is 0. The summed E-state index contributed by atoms with van der Waals surface area (Å²) in [6.07, 6.45) is 0.949. The molecule has 10 heteroatoms. The van der Waals surface area contributed by atoms with Crippen LogP contribution in [-0.2, 0) is 22.6 Å². The van der Waals surface area contributed by atoms with Crippen molar-refractivity contribution in [3.05, 3.63) is 63.6 Å². The van der Waals surface area contributed by atoms with Crippen molar-refractivity contribution in [2.75, 3.05) is 11.9 Å². The van der Waals surface area contributed by atoms with E-state index in [1.807, 2.05) is 0 Å². The van der Waals surface area contributed by atoms with Crippen LogP contribution in [0.4, 0.5) is 10.5 Å². The van der Waals surface area contributed by atoms with Gasteiger partial charge in [0.25, 0.3) is 0 Å². The van der Waals surface area contributed by atoms with Gasteiger partial charge in [-0.05, 0) is 48.7 Å². The predicted molar refractivity (Wildman–Crippen MR) is 122 cm³/mol. The van der Waals surface area contributed by atoms with Gasteiger partial charge in [-0.3, -0.25) is 9.59 Å². The third-order valence-corrected chi connectivity index (χ3v) is 5.31. The lowest BCUT2D eigenvalue weighted by molar-refractivity contribution is -0.122. The summed E-state index contributed by atoms with van der Waals surface area (Å²) in [5, 5.41) is 3.36. The van der Waals surface area contributed by atoms with Crippen LogP contribution in [0.3, 0.4) is 0 Å². The number of carbonyl (C=O) groups is 3. The van der Waals surface area contributed by atoms with Crippen molar-refractivity contribution in [2.45, 2.75) is 31.8 Å². The summed E-state index contributed by atoms with van der Waals surface area (Å²) in [7, 11) is 0. The topological polar surface area (TPSA) is 145 Å². The molecule has 0 saturated heterocycles. The van der Waals surface area contributed by atoms with Crippen LogP contribution in [0.25, 0.3) is 0 Å². The Morgan fingerprint density at radius 2 is 1.61 bits per heavy atom. The van der Waals surface area contributed by atoms with Crippen LogP contribution >= 0.6 is 23.2 Å². The molecule has 4 amide bonds. The molecule has 2 aromatic rings. The molecule has 0 aromatic heterocycles. The lowest BCUT2D eigenvalue weighted by Crippen LogP contribution is -2.49. The number of rotatable bonds is 10. The van der Waals surface area contributed by atoms with E-state index < -0.39 is 23.9 Å². The van der Waals surface area contributed by atoms with E-state index in [1.165, 1.54) is 11.0 Å². The Kier molecular flexibility index (Phi) is 9.11. The molecule has 0 bridgehead atoms. The number of nitrogens with zero attached hydrogens (tertiary/aromatic N) is 1. The summed E-state index contributed by atoms with van der Waals surface area (Å²) in [6, 6.07) is 10.3. The van der Waals surface area contributed by atoms with E-state index in [0.717, 1.165) is 11.1 Å². The minimum atomic E-state index is -0.864. The molecular weight excluding hydrogens is 441 g/mol. The molecule has 1 atom stereocenters. The summed E-state index contributed by atoms with van der Waals surface area (Å²) in [6.45, 7) is 0.468. The Bertz CT molecular complexity index is 937. The van der Waals surface area contributed by atoms with Crippen LogP contribution in [0.2, 0.25) is 10.0 Å². The third kappa shape index (κ3) is 7.43. The van der Waals surface area contributed by atoms with Crippen LogP contribution in [-0.4, -0.2) is 35.3 Å². The molecule has 0 aliphatic carbocycles. The molecule has 0 unspecified atom stereocenters. The van der Waals surface area contributed by atoms with Gasteiger partial charge in [0.15, 0.2) is 0 Å². The second-order valence-electron chi connectivity index (χ2n) is 7.00. The number of halogens is 2. The Hall–Kier alpha value is -2.81. The van der Waals surface area contributed by atoms with E-state index in [9.17, 15) is 14.4 Å². The minimum Gasteiger partial charge on any atom is -0.369 e. The number of hydrogen-bond donors (Lipinski definition) is 4. The molecule has 7 N–H and O–H groups in total. The molecule has 0 saturated carbocycles. The van der Waals surface area contributed by atoms with E-state index in [4.69, 9.17) is 40.4 Å². The summed E-state index contributed by atoms with van der Waals surface area (Å²) in [5.41, 5.74) is 18.3. The molecule has 166 valence electrons. The normalized spacial score (nSPS) is 11.6. The highest BCUT2D eigenvalue weighted by atomic mass is 35.5. The molecule has 2 rings (SSSR count). The predicted octanol–water partition coefficient (Wildman–Crippen LogP) is 2.65. The van der Waals surface area contributed by atoms with Gasteiger partial charge in [0, 0.05) is 12.2 Å². The number of benzene rings is 2. The molecule has 31 heavy (non-hydrogen) atoms. The van der Waals surface area contributed by atoms with Gasteiger partial charge in [-0.1, -0.05) is 47.5 Å². The quantitative estimate of drug-likeness (QED) is 0.427. The minimum absolute atomic E-state index is 0.113. The van der Waals surface area contributed by atoms with Gasteiger partial charge in [0.2, 0.25) is 11.8 Å². The Morgan fingerprint density at radius 1 is 0.968 bits per heavy atom. The monoisotopic (exact) mass is 465 g/mol. The molecule has 0 heterocycles. The molecule has 0 aliphatic rings. The maximum Gasteiger partial charge on any atom is 0.322 e. The van der Waals surface area contributed by atoms with Crippen LogP contribution in [0.15, 0.2) is 42.5 Å². The first-order valence-electron chi connectivity index (χ1n) is 9.59. The molecule has 8 nitrogen and oxygen atoms in total. The van der Waals surface area contributed by atoms with Crippen LogP contribution < -0.4 is 22.5 Å². The van der Waals surface area contributed by atoms with E-state index in [-0.39, 0.29) is 18.0 Å². The average molecular weight is 466 g/mol. The smallest absolute Gasteiger partial charge is 0.322 e. The Balaban J connectivity index is 2.27. The maximum atomic E-state index is 13.1.